The third-order valence-electron chi connectivity index (χ3n) is 3.70. The minimum atomic E-state index is -0.352. The number of hydrogen-bond donors (Lipinski definition) is 2. The number of aromatic nitrogens is 2. The minimum Gasteiger partial charge on any atom is -0.334 e. The largest absolute Gasteiger partial charge is 0.334 e. The van der Waals surface area contributed by atoms with E-state index < -0.39 is 0 Å². The number of benzene rings is 2. The number of aryl methyl sites for hydroxylation is 2. The van der Waals surface area contributed by atoms with Gasteiger partial charge in [0.2, 0.25) is 0 Å². The Labute approximate surface area is 145 Å². The lowest BCUT2D eigenvalue weighted by atomic mass is 10.2. The molecule has 2 amide bonds. The van der Waals surface area contributed by atoms with E-state index in [1.165, 1.54) is 12.1 Å². The molecule has 0 radical (unpaired) electrons. The first-order valence-corrected chi connectivity index (χ1v) is 7.94. The fraction of sp³-hybridized carbons (Fsp3) is 0.158. The van der Waals surface area contributed by atoms with E-state index in [0.29, 0.717) is 11.3 Å². The Morgan fingerprint density at radius 2 is 1.92 bits per heavy atom. The smallest absolute Gasteiger partial charge is 0.319 e. The molecule has 1 aromatic heterocycles. The highest BCUT2D eigenvalue weighted by atomic mass is 19.1. The van der Waals surface area contributed by atoms with Gasteiger partial charge in [0, 0.05) is 17.9 Å². The zero-order valence-corrected chi connectivity index (χ0v) is 14.1. The summed E-state index contributed by atoms with van der Waals surface area (Å²) in [6.07, 6.45) is 0. The molecule has 3 aromatic rings. The van der Waals surface area contributed by atoms with Gasteiger partial charge in [-0.3, -0.25) is 0 Å². The SMILES string of the molecule is Cc1cc(C)n(-c2cccc(NC(=O)NCc3cccc(F)c3)c2)n1. The fourth-order valence-corrected chi connectivity index (χ4v) is 2.61. The molecule has 0 saturated heterocycles. The zero-order valence-electron chi connectivity index (χ0n) is 14.1. The minimum absolute atomic E-state index is 0.251. The van der Waals surface area contributed by atoms with Crippen LogP contribution in [0.3, 0.4) is 0 Å². The Morgan fingerprint density at radius 1 is 1.12 bits per heavy atom. The van der Waals surface area contributed by atoms with Crippen LogP contribution in [0.25, 0.3) is 5.69 Å². The Morgan fingerprint density at radius 3 is 2.64 bits per heavy atom. The van der Waals surface area contributed by atoms with Crippen LogP contribution in [0.1, 0.15) is 17.0 Å². The van der Waals surface area contributed by atoms with Gasteiger partial charge < -0.3 is 10.6 Å². The average Bonchev–Trinajstić information content (AvgIpc) is 2.92. The van der Waals surface area contributed by atoms with E-state index in [9.17, 15) is 9.18 Å². The summed E-state index contributed by atoms with van der Waals surface area (Å²) in [7, 11) is 0. The molecule has 2 N–H and O–H groups in total. The first-order chi connectivity index (χ1) is 12.0. The molecule has 0 spiro atoms. The summed E-state index contributed by atoms with van der Waals surface area (Å²) in [6.45, 7) is 4.16. The van der Waals surface area contributed by atoms with Crippen LogP contribution in [0, 0.1) is 19.7 Å². The monoisotopic (exact) mass is 338 g/mol. The first-order valence-electron chi connectivity index (χ1n) is 7.94. The van der Waals surface area contributed by atoms with E-state index in [-0.39, 0.29) is 18.4 Å². The number of anilines is 1. The summed E-state index contributed by atoms with van der Waals surface area (Å²) in [5, 5.41) is 9.93. The fourth-order valence-electron chi connectivity index (χ4n) is 2.61. The number of carbonyl (C=O) groups is 1. The number of halogens is 1. The summed E-state index contributed by atoms with van der Waals surface area (Å²) < 4.78 is 15.0. The molecule has 0 aliphatic rings. The summed E-state index contributed by atoms with van der Waals surface area (Å²) >= 11 is 0. The second kappa shape index (κ2) is 7.17. The molecule has 0 aliphatic carbocycles. The van der Waals surface area contributed by atoms with Crippen molar-refractivity contribution in [1.29, 1.82) is 0 Å². The van der Waals surface area contributed by atoms with Gasteiger partial charge in [-0.05, 0) is 55.8 Å². The summed E-state index contributed by atoms with van der Waals surface area (Å²) in [5.41, 5.74) is 4.18. The summed E-state index contributed by atoms with van der Waals surface area (Å²) in [5.74, 6) is -0.322. The van der Waals surface area contributed by atoms with E-state index in [1.54, 1.807) is 18.2 Å². The maximum absolute atomic E-state index is 13.1. The van der Waals surface area contributed by atoms with Crippen LogP contribution in [0.15, 0.2) is 54.6 Å². The lowest BCUT2D eigenvalue weighted by molar-refractivity contribution is 0.251. The van der Waals surface area contributed by atoms with Crippen LogP contribution in [-0.2, 0) is 6.54 Å². The highest BCUT2D eigenvalue weighted by molar-refractivity contribution is 5.89. The highest BCUT2D eigenvalue weighted by Crippen LogP contribution is 2.16. The molecule has 0 unspecified atom stereocenters. The van der Waals surface area contributed by atoms with Gasteiger partial charge in [0.25, 0.3) is 0 Å². The molecule has 0 atom stereocenters. The second-order valence-corrected chi connectivity index (χ2v) is 5.83. The van der Waals surface area contributed by atoms with Crippen LogP contribution in [0.4, 0.5) is 14.9 Å². The predicted octanol–water partition coefficient (Wildman–Crippen LogP) is 3.95. The molecule has 25 heavy (non-hydrogen) atoms. The molecule has 0 aliphatic heterocycles. The van der Waals surface area contributed by atoms with Crippen molar-refractivity contribution in [3.05, 3.63) is 77.4 Å². The average molecular weight is 338 g/mol. The van der Waals surface area contributed by atoms with Gasteiger partial charge in [0.05, 0.1) is 11.4 Å². The molecule has 3 rings (SSSR count). The van der Waals surface area contributed by atoms with Gasteiger partial charge >= 0.3 is 6.03 Å². The summed E-state index contributed by atoms with van der Waals surface area (Å²) in [6, 6.07) is 15.2. The van der Waals surface area contributed by atoms with Gasteiger partial charge in [-0.2, -0.15) is 5.10 Å². The van der Waals surface area contributed by atoms with Crippen LogP contribution >= 0.6 is 0 Å². The number of urea groups is 1. The molecule has 6 heteroatoms. The number of carbonyl (C=O) groups excluding carboxylic acids is 1. The van der Waals surface area contributed by atoms with E-state index in [0.717, 1.165) is 17.1 Å². The van der Waals surface area contributed by atoms with Crippen molar-refractivity contribution in [2.75, 3.05) is 5.32 Å². The van der Waals surface area contributed by atoms with Gasteiger partial charge in [-0.15, -0.1) is 0 Å². The van der Waals surface area contributed by atoms with Crippen molar-refractivity contribution < 1.29 is 9.18 Å². The molecule has 0 saturated carbocycles. The van der Waals surface area contributed by atoms with Crippen LogP contribution in [-0.4, -0.2) is 15.8 Å². The number of amides is 2. The molecular weight excluding hydrogens is 319 g/mol. The topological polar surface area (TPSA) is 59.0 Å². The molecule has 5 nitrogen and oxygen atoms in total. The van der Waals surface area contributed by atoms with Crippen molar-refractivity contribution in [1.82, 2.24) is 15.1 Å². The lowest BCUT2D eigenvalue weighted by Gasteiger charge is -2.10. The maximum Gasteiger partial charge on any atom is 0.319 e. The molecule has 128 valence electrons. The van der Waals surface area contributed by atoms with Gasteiger partial charge in [0.15, 0.2) is 0 Å². The van der Waals surface area contributed by atoms with E-state index in [2.05, 4.69) is 15.7 Å². The number of hydrogen-bond acceptors (Lipinski definition) is 2. The molecular formula is C19H19FN4O. The predicted molar refractivity (Wildman–Crippen MR) is 95.3 cm³/mol. The third kappa shape index (κ3) is 4.23. The number of rotatable bonds is 4. The van der Waals surface area contributed by atoms with Gasteiger partial charge in [-0.1, -0.05) is 18.2 Å². The summed E-state index contributed by atoms with van der Waals surface area (Å²) in [4.78, 5) is 12.1. The number of nitrogens with zero attached hydrogens (tertiary/aromatic N) is 2. The Balaban J connectivity index is 1.65. The second-order valence-electron chi connectivity index (χ2n) is 5.83. The Bertz CT molecular complexity index is 904. The quantitative estimate of drug-likeness (QED) is 0.757. The van der Waals surface area contributed by atoms with E-state index in [1.807, 2.05) is 42.8 Å². The molecule has 1 heterocycles. The van der Waals surface area contributed by atoms with Crippen LogP contribution in [0.2, 0.25) is 0 Å². The van der Waals surface area contributed by atoms with Gasteiger partial charge in [-0.25, -0.2) is 13.9 Å². The van der Waals surface area contributed by atoms with Crippen molar-refractivity contribution >= 4 is 11.7 Å². The lowest BCUT2D eigenvalue weighted by Crippen LogP contribution is -2.28. The Hall–Kier alpha value is -3.15. The van der Waals surface area contributed by atoms with Crippen molar-refractivity contribution in [3.8, 4) is 5.69 Å². The molecule has 0 bridgehead atoms. The van der Waals surface area contributed by atoms with Gasteiger partial charge in [0.1, 0.15) is 5.82 Å². The molecule has 0 fully saturated rings. The van der Waals surface area contributed by atoms with E-state index >= 15 is 0 Å². The normalized spacial score (nSPS) is 10.5. The third-order valence-corrected chi connectivity index (χ3v) is 3.70. The van der Waals surface area contributed by atoms with Crippen LogP contribution in [0.5, 0.6) is 0 Å². The first kappa shape index (κ1) is 16.7. The standard InChI is InChI=1S/C19H19FN4O/c1-13-9-14(2)24(23-13)18-8-4-7-17(11-18)22-19(25)21-12-15-5-3-6-16(20)10-15/h3-11H,12H2,1-2H3,(H2,21,22,25). The van der Waals surface area contributed by atoms with Crippen molar-refractivity contribution in [3.63, 3.8) is 0 Å². The Kier molecular flexibility index (Phi) is 4.79. The van der Waals surface area contributed by atoms with E-state index in [4.69, 9.17) is 0 Å². The molecule has 2 aromatic carbocycles. The van der Waals surface area contributed by atoms with Crippen molar-refractivity contribution in [2.24, 2.45) is 0 Å². The zero-order chi connectivity index (χ0) is 17.8. The number of nitrogens with one attached hydrogen (secondary N) is 2. The van der Waals surface area contributed by atoms with Crippen LogP contribution < -0.4 is 10.6 Å². The highest BCUT2D eigenvalue weighted by Gasteiger charge is 2.06. The maximum atomic E-state index is 13.1. The van der Waals surface area contributed by atoms with Crippen molar-refractivity contribution in [2.45, 2.75) is 20.4 Å².